The first-order valence-electron chi connectivity index (χ1n) is 13.3. The van der Waals surface area contributed by atoms with Gasteiger partial charge in [-0.25, -0.2) is 23.2 Å². The number of imidazole rings is 1. The molecule has 5 aromatic rings. The van der Waals surface area contributed by atoms with E-state index in [2.05, 4.69) is 16.6 Å². The molecule has 2 heterocycles. The van der Waals surface area contributed by atoms with Gasteiger partial charge in [0.2, 0.25) is 10.0 Å². The highest BCUT2D eigenvalue weighted by molar-refractivity contribution is 7.91. The quantitative estimate of drug-likeness (QED) is 0.137. The summed E-state index contributed by atoms with van der Waals surface area (Å²) in [5.41, 5.74) is 4.46. The van der Waals surface area contributed by atoms with E-state index in [0.29, 0.717) is 28.8 Å². The van der Waals surface area contributed by atoms with E-state index in [1.54, 1.807) is 48.5 Å². The number of sulfonamides is 1. The second-order valence-corrected chi connectivity index (χ2v) is 11.4. The van der Waals surface area contributed by atoms with Gasteiger partial charge in [-0.05, 0) is 41.3 Å². The molecule has 2 aromatic heterocycles. The minimum atomic E-state index is -3.67. The number of ether oxygens (including phenoxy) is 1. The van der Waals surface area contributed by atoms with Crippen molar-refractivity contribution in [3.05, 3.63) is 108 Å². The molecule has 0 spiro atoms. The second-order valence-electron chi connectivity index (χ2n) is 9.66. The minimum Gasteiger partial charge on any atom is -0.449 e. The SMILES string of the molecule is CCCCc1nc2ccc(NS(=O)(=O)Cc3ccccc3)nc2n1Cc1ccc(-c2ccccc2OC(=O)O)cc1. The van der Waals surface area contributed by atoms with Gasteiger partial charge in [0.25, 0.3) is 0 Å². The van der Waals surface area contributed by atoms with Crippen molar-refractivity contribution in [2.45, 2.75) is 38.5 Å². The third kappa shape index (κ3) is 6.90. The molecule has 9 nitrogen and oxygen atoms in total. The molecule has 0 saturated carbocycles. The largest absolute Gasteiger partial charge is 0.511 e. The highest BCUT2D eigenvalue weighted by Gasteiger charge is 2.17. The number of aromatic nitrogens is 3. The van der Waals surface area contributed by atoms with Gasteiger partial charge in [-0.1, -0.05) is 86.1 Å². The maximum absolute atomic E-state index is 12.8. The summed E-state index contributed by atoms with van der Waals surface area (Å²) in [6.07, 6.45) is 1.36. The van der Waals surface area contributed by atoms with Gasteiger partial charge in [0.15, 0.2) is 5.65 Å². The number of nitrogens with one attached hydrogen (secondary N) is 1. The fourth-order valence-electron chi connectivity index (χ4n) is 4.65. The second kappa shape index (κ2) is 12.2. The first kappa shape index (κ1) is 27.9. The van der Waals surface area contributed by atoms with E-state index < -0.39 is 16.2 Å². The Balaban J connectivity index is 1.43. The average molecular weight is 571 g/mol. The maximum atomic E-state index is 12.8. The number of unbranched alkanes of at least 4 members (excludes halogenated alkanes) is 1. The topological polar surface area (TPSA) is 123 Å². The monoisotopic (exact) mass is 570 g/mol. The Bertz CT molecular complexity index is 1770. The summed E-state index contributed by atoms with van der Waals surface area (Å²) in [5, 5.41) is 9.07. The molecule has 3 aromatic carbocycles. The number of hydrogen-bond donors (Lipinski definition) is 2. The third-order valence-corrected chi connectivity index (χ3v) is 7.81. The van der Waals surface area contributed by atoms with Gasteiger partial charge in [-0.3, -0.25) is 4.72 Å². The summed E-state index contributed by atoms with van der Waals surface area (Å²) in [6.45, 7) is 2.60. The number of carboxylic acid groups (broad SMARTS) is 1. The molecule has 0 atom stereocenters. The van der Waals surface area contributed by atoms with Crippen LogP contribution in [0.1, 0.15) is 36.7 Å². The Morgan fingerprint density at radius 2 is 1.63 bits per heavy atom. The molecule has 210 valence electrons. The number of rotatable bonds is 11. The number of benzene rings is 3. The normalized spacial score (nSPS) is 11.4. The molecule has 41 heavy (non-hydrogen) atoms. The summed E-state index contributed by atoms with van der Waals surface area (Å²) in [4.78, 5) is 20.6. The lowest BCUT2D eigenvalue weighted by Gasteiger charge is -2.12. The molecular weight excluding hydrogens is 540 g/mol. The molecule has 2 N–H and O–H groups in total. The number of hydrogen-bond acceptors (Lipinski definition) is 6. The number of pyridine rings is 1. The van der Waals surface area contributed by atoms with Crippen LogP contribution in [-0.2, 0) is 28.7 Å². The van der Waals surface area contributed by atoms with Crippen LogP contribution in [-0.4, -0.2) is 34.2 Å². The van der Waals surface area contributed by atoms with Crippen LogP contribution in [0.25, 0.3) is 22.3 Å². The van der Waals surface area contributed by atoms with E-state index in [4.69, 9.17) is 14.8 Å². The van der Waals surface area contributed by atoms with Crippen molar-refractivity contribution in [3.63, 3.8) is 0 Å². The summed E-state index contributed by atoms with van der Waals surface area (Å²) < 4.78 is 35.3. The maximum Gasteiger partial charge on any atom is 0.511 e. The molecule has 0 radical (unpaired) electrons. The van der Waals surface area contributed by atoms with Crippen molar-refractivity contribution in [2.75, 3.05) is 4.72 Å². The molecule has 0 unspecified atom stereocenters. The fraction of sp³-hybridized carbons (Fsp3) is 0.194. The van der Waals surface area contributed by atoms with Crippen LogP contribution in [0.3, 0.4) is 0 Å². The molecule has 0 fully saturated rings. The molecule has 0 bridgehead atoms. The Kier molecular flexibility index (Phi) is 8.30. The van der Waals surface area contributed by atoms with Crippen LogP contribution in [0.5, 0.6) is 5.75 Å². The Hall–Kier alpha value is -4.70. The molecule has 0 saturated heterocycles. The molecule has 0 aliphatic carbocycles. The van der Waals surface area contributed by atoms with Gasteiger partial charge in [-0.15, -0.1) is 0 Å². The van der Waals surface area contributed by atoms with Crippen molar-refractivity contribution in [1.29, 1.82) is 0 Å². The number of para-hydroxylation sites is 1. The van der Waals surface area contributed by atoms with E-state index in [1.807, 2.05) is 47.0 Å². The van der Waals surface area contributed by atoms with Crippen molar-refractivity contribution < 1.29 is 23.1 Å². The van der Waals surface area contributed by atoms with Gasteiger partial charge < -0.3 is 14.4 Å². The highest BCUT2D eigenvalue weighted by atomic mass is 32.2. The van der Waals surface area contributed by atoms with Crippen molar-refractivity contribution in [2.24, 2.45) is 0 Å². The molecular formula is C31H30N4O5S. The van der Waals surface area contributed by atoms with Crippen LogP contribution >= 0.6 is 0 Å². The van der Waals surface area contributed by atoms with Crippen LogP contribution in [0.4, 0.5) is 10.6 Å². The van der Waals surface area contributed by atoms with Crippen LogP contribution in [0.2, 0.25) is 0 Å². The van der Waals surface area contributed by atoms with Gasteiger partial charge in [0.05, 0.1) is 12.3 Å². The molecule has 0 aliphatic rings. The predicted molar refractivity (Wildman–Crippen MR) is 158 cm³/mol. The lowest BCUT2D eigenvalue weighted by Crippen LogP contribution is -2.16. The zero-order valence-electron chi connectivity index (χ0n) is 22.5. The molecule has 0 aliphatic heterocycles. The van der Waals surface area contributed by atoms with Crippen LogP contribution in [0.15, 0.2) is 91.0 Å². The van der Waals surface area contributed by atoms with E-state index in [9.17, 15) is 13.2 Å². The lowest BCUT2D eigenvalue weighted by atomic mass is 10.0. The van der Waals surface area contributed by atoms with Crippen molar-refractivity contribution in [1.82, 2.24) is 14.5 Å². The first-order valence-corrected chi connectivity index (χ1v) is 15.0. The zero-order valence-corrected chi connectivity index (χ0v) is 23.3. The third-order valence-electron chi connectivity index (χ3n) is 6.57. The molecule has 10 heteroatoms. The highest BCUT2D eigenvalue weighted by Crippen LogP contribution is 2.30. The van der Waals surface area contributed by atoms with Crippen LogP contribution in [0, 0.1) is 0 Å². The van der Waals surface area contributed by atoms with Crippen molar-refractivity contribution >= 4 is 33.2 Å². The van der Waals surface area contributed by atoms with Gasteiger partial charge in [0.1, 0.15) is 22.9 Å². The summed E-state index contributed by atoms with van der Waals surface area (Å²) in [7, 11) is -3.67. The Labute approximate surface area is 238 Å². The van der Waals surface area contributed by atoms with E-state index in [-0.39, 0.29) is 17.3 Å². The van der Waals surface area contributed by atoms with Gasteiger partial charge >= 0.3 is 6.16 Å². The number of fused-ring (bicyclic) bond motifs is 1. The van der Waals surface area contributed by atoms with Crippen LogP contribution < -0.4 is 9.46 Å². The van der Waals surface area contributed by atoms with E-state index >= 15 is 0 Å². The molecule has 0 amide bonds. The Morgan fingerprint density at radius 1 is 0.902 bits per heavy atom. The molecule has 5 rings (SSSR count). The lowest BCUT2D eigenvalue weighted by molar-refractivity contribution is 0.144. The summed E-state index contributed by atoms with van der Waals surface area (Å²) in [5.74, 6) is 1.23. The number of anilines is 1. The number of nitrogens with zero attached hydrogens (tertiary/aromatic N) is 3. The first-order chi connectivity index (χ1) is 19.8. The van der Waals surface area contributed by atoms with Gasteiger partial charge in [0, 0.05) is 12.0 Å². The minimum absolute atomic E-state index is 0.151. The fourth-order valence-corrected chi connectivity index (χ4v) is 5.78. The average Bonchev–Trinajstić information content (AvgIpc) is 3.28. The van der Waals surface area contributed by atoms with E-state index in [0.717, 1.165) is 36.2 Å². The van der Waals surface area contributed by atoms with E-state index in [1.165, 1.54) is 0 Å². The standard InChI is InChI=1S/C31H30N4O5S/c1-2-3-13-29-32-26-18-19-28(34-41(38,39)21-23-9-5-4-6-10-23)33-30(26)35(29)20-22-14-16-24(17-15-22)25-11-7-8-12-27(25)40-31(36)37/h4-12,14-19H,2-3,13,20-21H2,1H3,(H,33,34)(H,36,37). The number of aryl methyl sites for hydroxylation is 1. The van der Waals surface area contributed by atoms with Crippen molar-refractivity contribution in [3.8, 4) is 16.9 Å². The summed E-state index contributed by atoms with van der Waals surface area (Å²) in [6, 6.07) is 27.2. The predicted octanol–water partition coefficient (Wildman–Crippen LogP) is 6.49. The van der Waals surface area contributed by atoms with Gasteiger partial charge in [-0.2, -0.15) is 0 Å². The zero-order chi connectivity index (χ0) is 28.8. The Morgan fingerprint density at radius 3 is 2.37 bits per heavy atom. The number of carbonyl (C=O) groups is 1. The smallest absolute Gasteiger partial charge is 0.449 e. The summed E-state index contributed by atoms with van der Waals surface area (Å²) >= 11 is 0.